The molecule has 4 nitrogen and oxygen atoms in total. The number of aromatic nitrogens is 2. The Labute approximate surface area is 341 Å². The summed E-state index contributed by atoms with van der Waals surface area (Å²) in [5.74, 6) is 0.955. The predicted octanol–water partition coefficient (Wildman–Crippen LogP) is 13.2. The molecule has 4 aromatic carbocycles. The first-order chi connectivity index (χ1) is 25.9. The summed E-state index contributed by atoms with van der Waals surface area (Å²) in [4.78, 5) is 15.2. The first-order valence-corrected chi connectivity index (χ1v) is 20.2. The number of phenols is 1. The standard InChI is InChI=1S/C50H52N3O.Pt/c1-31-38-17-18-41-46(53-47(49(41,5)6)39-16-15-37(30-44(39)54)48(2,3)4)45(38)40-28-36(14-19-42(40)52-31)43-29-35(22-27-51-43)33-12-10-32(11-13-33)34-20-25-50(26-21-34)23-8-7-9-24-50;/h10-19,22,27,29-30,34,54H,7-9,20-21,23-26H2,1-6H3;/q-1;. The van der Waals surface area contributed by atoms with Crippen LogP contribution in [0.25, 0.3) is 44.1 Å². The Hall–Kier alpha value is -4.14. The Morgan fingerprint density at radius 2 is 1.55 bits per heavy atom. The van der Waals surface area contributed by atoms with Gasteiger partial charge in [-0.2, -0.15) is 0 Å². The molecule has 1 spiro atoms. The monoisotopic (exact) mass is 905 g/mol. The second-order valence-electron chi connectivity index (χ2n) is 18.2. The maximum Gasteiger partial charge on any atom is 0.124 e. The van der Waals surface area contributed by atoms with E-state index in [9.17, 15) is 5.11 Å². The van der Waals surface area contributed by atoms with Gasteiger partial charge >= 0.3 is 0 Å². The van der Waals surface area contributed by atoms with Crippen LogP contribution in [-0.2, 0) is 31.9 Å². The first kappa shape index (κ1) is 37.8. The number of pyridine rings is 2. The van der Waals surface area contributed by atoms with Crippen LogP contribution in [0.2, 0.25) is 0 Å². The molecule has 6 aromatic rings. The van der Waals surface area contributed by atoms with E-state index < -0.39 is 5.41 Å². The number of phenolic OH excluding ortho intramolecular Hbond substituents is 1. The topological polar surface area (TPSA) is 58.4 Å². The Balaban J connectivity index is 0.00000427. The van der Waals surface area contributed by atoms with Crippen molar-refractivity contribution in [1.29, 1.82) is 0 Å². The average molecular weight is 906 g/mol. The molecule has 3 heterocycles. The molecule has 2 saturated carbocycles. The van der Waals surface area contributed by atoms with Crippen molar-refractivity contribution in [1.82, 2.24) is 9.97 Å². The van der Waals surface area contributed by atoms with Crippen LogP contribution in [0.4, 0.5) is 5.69 Å². The largest absolute Gasteiger partial charge is 0.507 e. The summed E-state index contributed by atoms with van der Waals surface area (Å²) in [5.41, 5.74) is 12.5. The fraction of sp³-hybridized carbons (Fsp3) is 0.380. The van der Waals surface area contributed by atoms with Crippen molar-refractivity contribution in [3.05, 3.63) is 119 Å². The molecule has 5 heteroatoms. The number of benzene rings is 4. The number of hydrogen-bond acceptors (Lipinski definition) is 4. The molecule has 0 amide bonds. The Morgan fingerprint density at radius 1 is 0.800 bits per heavy atom. The van der Waals surface area contributed by atoms with E-state index in [2.05, 4.69) is 114 Å². The second-order valence-corrected chi connectivity index (χ2v) is 18.2. The molecular weight excluding hydrogens is 854 g/mol. The van der Waals surface area contributed by atoms with E-state index in [1.807, 2.05) is 18.3 Å². The summed E-state index contributed by atoms with van der Waals surface area (Å²) in [6.45, 7) is 13.0. The molecule has 0 radical (unpaired) electrons. The molecular formula is C50H52N3OPt-. The molecule has 2 fully saturated rings. The van der Waals surface area contributed by atoms with Crippen molar-refractivity contribution >= 4 is 33.1 Å². The van der Waals surface area contributed by atoms with Crippen molar-refractivity contribution < 1.29 is 26.2 Å². The molecule has 2 aliphatic carbocycles. The van der Waals surface area contributed by atoms with Crippen LogP contribution in [0.15, 0.2) is 90.1 Å². The third kappa shape index (κ3) is 6.67. The summed E-state index contributed by atoms with van der Waals surface area (Å²) in [6, 6.07) is 32.0. The minimum atomic E-state index is -0.411. The summed E-state index contributed by atoms with van der Waals surface area (Å²) in [5, 5.41) is 14.4. The van der Waals surface area contributed by atoms with Gasteiger partial charge < -0.3 is 5.11 Å². The molecule has 0 atom stereocenters. The van der Waals surface area contributed by atoms with Crippen LogP contribution in [-0.4, -0.2) is 20.8 Å². The number of aryl methyl sites for hydroxylation is 1. The van der Waals surface area contributed by atoms with Gasteiger partial charge in [0.1, 0.15) is 5.75 Å². The summed E-state index contributed by atoms with van der Waals surface area (Å²) >= 11 is 0. The van der Waals surface area contributed by atoms with Crippen molar-refractivity contribution in [2.24, 2.45) is 10.4 Å². The Kier molecular flexibility index (Phi) is 9.69. The van der Waals surface area contributed by atoms with Gasteiger partial charge in [0.2, 0.25) is 0 Å². The molecule has 1 aliphatic heterocycles. The van der Waals surface area contributed by atoms with Gasteiger partial charge in [0, 0.05) is 55.3 Å². The van der Waals surface area contributed by atoms with E-state index in [1.165, 1.54) is 68.9 Å². The van der Waals surface area contributed by atoms with Gasteiger partial charge in [-0.05, 0) is 125 Å². The van der Waals surface area contributed by atoms with Crippen molar-refractivity contribution in [3.63, 3.8) is 0 Å². The van der Waals surface area contributed by atoms with E-state index in [4.69, 9.17) is 15.0 Å². The van der Waals surface area contributed by atoms with Crippen molar-refractivity contribution in [2.75, 3.05) is 0 Å². The quantitative estimate of drug-likeness (QED) is 0.142. The number of hydrogen-bond donors (Lipinski definition) is 1. The fourth-order valence-electron chi connectivity index (χ4n) is 9.97. The molecule has 55 heavy (non-hydrogen) atoms. The number of fused-ring (bicyclic) bond motifs is 5. The zero-order valence-corrected chi connectivity index (χ0v) is 35.4. The van der Waals surface area contributed by atoms with E-state index in [0.29, 0.717) is 11.3 Å². The van der Waals surface area contributed by atoms with Gasteiger partial charge in [0.25, 0.3) is 0 Å². The van der Waals surface area contributed by atoms with Crippen molar-refractivity contribution in [2.45, 2.75) is 116 Å². The van der Waals surface area contributed by atoms with E-state index in [1.54, 1.807) is 0 Å². The SMILES string of the molecule is Cc1nc2ccc(-c3cc(-c4ccc(C5CCC6(CCCCC6)CC5)cc4)ccn3)[c-]c2c2c3c(ccc12)C(C)(C)C(c1ccc(C(C)(C)C)cc1O)=N3.[Pt]. The second kappa shape index (κ2) is 14.1. The van der Waals surface area contributed by atoms with Crippen molar-refractivity contribution in [3.8, 4) is 28.1 Å². The molecule has 0 bridgehead atoms. The normalized spacial score (nSPS) is 18.0. The van der Waals surface area contributed by atoms with Gasteiger partial charge in [0.15, 0.2) is 0 Å². The third-order valence-corrected chi connectivity index (χ3v) is 13.3. The van der Waals surface area contributed by atoms with E-state index >= 15 is 0 Å². The number of aromatic hydroxyl groups is 1. The number of rotatable bonds is 4. The van der Waals surface area contributed by atoms with Gasteiger partial charge in [-0.15, -0.1) is 18.2 Å². The Morgan fingerprint density at radius 3 is 2.25 bits per heavy atom. The summed E-state index contributed by atoms with van der Waals surface area (Å²) in [7, 11) is 0. The molecule has 0 saturated heterocycles. The smallest absolute Gasteiger partial charge is 0.124 e. The van der Waals surface area contributed by atoms with Crippen LogP contribution in [0.5, 0.6) is 5.75 Å². The van der Waals surface area contributed by atoms with E-state index in [-0.39, 0.29) is 32.2 Å². The minimum Gasteiger partial charge on any atom is -0.507 e. The molecule has 3 aliphatic rings. The maximum atomic E-state index is 11.3. The van der Waals surface area contributed by atoms with E-state index in [0.717, 1.165) is 72.3 Å². The van der Waals surface area contributed by atoms with Gasteiger partial charge in [0.05, 0.1) is 5.71 Å². The van der Waals surface area contributed by atoms with Crippen LogP contribution < -0.4 is 0 Å². The number of nitrogens with zero attached hydrogens (tertiary/aromatic N) is 3. The maximum absolute atomic E-state index is 11.3. The van der Waals surface area contributed by atoms with Gasteiger partial charge in [-0.3, -0.25) is 15.0 Å². The van der Waals surface area contributed by atoms with Crippen LogP contribution in [0.1, 0.15) is 126 Å². The number of aliphatic imine (C=N–C) groups is 1. The zero-order chi connectivity index (χ0) is 37.4. The zero-order valence-electron chi connectivity index (χ0n) is 33.1. The molecule has 9 rings (SSSR count). The van der Waals surface area contributed by atoms with Crippen LogP contribution >= 0.6 is 0 Å². The third-order valence-electron chi connectivity index (χ3n) is 13.3. The molecule has 2 aromatic heterocycles. The summed E-state index contributed by atoms with van der Waals surface area (Å²) in [6.07, 6.45) is 14.6. The van der Waals surface area contributed by atoms with Gasteiger partial charge in [-0.25, -0.2) is 0 Å². The minimum absolute atomic E-state index is 0. The predicted molar refractivity (Wildman–Crippen MR) is 224 cm³/mol. The van der Waals surface area contributed by atoms with Crippen LogP contribution in [0, 0.1) is 18.4 Å². The molecule has 0 unspecified atom stereocenters. The fourth-order valence-corrected chi connectivity index (χ4v) is 9.97. The average Bonchev–Trinajstić information content (AvgIpc) is 3.44. The summed E-state index contributed by atoms with van der Waals surface area (Å²) < 4.78 is 0. The van der Waals surface area contributed by atoms with Crippen LogP contribution in [0.3, 0.4) is 0 Å². The van der Waals surface area contributed by atoms with Gasteiger partial charge in [-0.1, -0.05) is 113 Å². The Bertz CT molecular complexity index is 2460. The molecule has 1 N–H and O–H groups in total. The first-order valence-electron chi connectivity index (χ1n) is 20.2. The molecule has 284 valence electrons.